The van der Waals surface area contributed by atoms with Crippen LogP contribution in [-0.4, -0.2) is 35.9 Å². The molecule has 2 atom stereocenters. The molecule has 0 bridgehead atoms. The normalized spacial score (nSPS) is 26.0. The molecule has 0 spiro atoms. The second-order valence-electron chi connectivity index (χ2n) is 6.64. The molecule has 2 aliphatic heterocycles. The first-order valence-electron chi connectivity index (χ1n) is 8.19. The highest BCUT2D eigenvalue weighted by Gasteiger charge is 2.46. The molecule has 120 valence electrons. The van der Waals surface area contributed by atoms with Gasteiger partial charge in [-0.3, -0.25) is 14.6 Å². The van der Waals surface area contributed by atoms with E-state index in [1.54, 1.807) is 24.1 Å². The van der Waals surface area contributed by atoms with E-state index < -0.39 is 0 Å². The molecule has 5 nitrogen and oxygen atoms in total. The van der Waals surface area contributed by atoms with Crippen molar-refractivity contribution in [3.63, 3.8) is 0 Å². The zero-order valence-electron chi connectivity index (χ0n) is 13.5. The number of nitriles is 1. The predicted molar refractivity (Wildman–Crippen MR) is 88.3 cm³/mol. The number of hydrogen-bond acceptors (Lipinski definition) is 4. The lowest BCUT2D eigenvalue weighted by Gasteiger charge is -2.34. The lowest BCUT2D eigenvalue weighted by molar-refractivity contribution is -0.125. The monoisotopic (exact) mass is 319 g/mol. The summed E-state index contributed by atoms with van der Waals surface area (Å²) in [5.74, 6) is -0.576. The second-order valence-corrected chi connectivity index (χ2v) is 6.64. The van der Waals surface area contributed by atoms with E-state index in [1.807, 2.05) is 12.1 Å². The van der Waals surface area contributed by atoms with Gasteiger partial charge in [0.05, 0.1) is 29.8 Å². The summed E-state index contributed by atoms with van der Waals surface area (Å²) in [7, 11) is 1.76. The minimum absolute atomic E-state index is 0.0569. The first-order chi connectivity index (χ1) is 11.6. The van der Waals surface area contributed by atoms with Crippen molar-refractivity contribution in [1.82, 2.24) is 4.90 Å². The van der Waals surface area contributed by atoms with E-state index in [4.69, 9.17) is 0 Å². The zero-order chi connectivity index (χ0) is 16.8. The van der Waals surface area contributed by atoms with Crippen molar-refractivity contribution in [2.45, 2.75) is 25.2 Å². The molecule has 0 saturated heterocycles. The molecule has 0 N–H and O–H groups in total. The van der Waals surface area contributed by atoms with Gasteiger partial charge in [-0.25, -0.2) is 0 Å². The predicted octanol–water partition coefficient (Wildman–Crippen LogP) is 2.19. The lowest BCUT2D eigenvalue weighted by Crippen LogP contribution is -2.38. The van der Waals surface area contributed by atoms with Gasteiger partial charge in [-0.2, -0.15) is 5.26 Å². The fourth-order valence-corrected chi connectivity index (χ4v) is 4.06. The molecule has 1 aromatic rings. The highest BCUT2D eigenvalue weighted by Crippen LogP contribution is 2.45. The van der Waals surface area contributed by atoms with Gasteiger partial charge in [-0.15, -0.1) is 0 Å². The molecule has 4 rings (SSSR count). The number of amides is 1. The number of Topliss-reactive ketones (excluding diaryl/α,β-unsaturated/α-hetero) is 1. The minimum Gasteiger partial charge on any atom is -0.336 e. The molecule has 0 aromatic heterocycles. The lowest BCUT2D eigenvalue weighted by atomic mass is 9.69. The quantitative estimate of drug-likeness (QED) is 0.796. The zero-order valence-corrected chi connectivity index (χ0v) is 13.5. The summed E-state index contributed by atoms with van der Waals surface area (Å²) in [6, 6.07) is 9.40. The molecular weight excluding hydrogens is 302 g/mol. The van der Waals surface area contributed by atoms with Gasteiger partial charge in [0.25, 0.3) is 5.91 Å². The Balaban J connectivity index is 1.90. The molecule has 1 aromatic carbocycles. The van der Waals surface area contributed by atoms with Crippen molar-refractivity contribution in [3.8, 4) is 6.07 Å². The molecule has 1 saturated carbocycles. The van der Waals surface area contributed by atoms with E-state index >= 15 is 0 Å². The third-order valence-electron chi connectivity index (χ3n) is 5.13. The van der Waals surface area contributed by atoms with Gasteiger partial charge < -0.3 is 4.90 Å². The van der Waals surface area contributed by atoms with Crippen molar-refractivity contribution < 1.29 is 9.59 Å². The molecule has 1 amide bonds. The number of aliphatic imine (C=N–C) groups is 1. The average molecular weight is 319 g/mol. The van der Waals surface area contributed by atoms with Gasteiger partial charge in [-0.05, 0) is 30.5 Å². The van der Waals surface area contributed by atoms with E-state index in [1.165, 1.54) is 0 Å². The van der Waals surface area contributed by atoms with Gasteiger partial charge in [-0.1, -0.05) is 12.1 Å². The fraction of sp³-hybridized carbons (Fsp3) is 0.368. The van der Waals surface area contributed by atoms with E-state index in [0.29, 0.717) is 24.1 Å². The maximum absolute atomic E-state index is 12.7. The van der Waals surface area contributed by atoms with Crippen LogP contribution in [0.4, 0.5) is 0 Å². The van der Waals surface area contributed by atoms with Crippen LogP contribution >= 0.6 is 0 Å². The van der Waals surface area contributed by atoms with Crippen LogP contribution in [0.3, 0.4) is 0 Å². The van der Waals surface area contributed by atoms with Crippen LogP contribution in [0.25, 0.3) is 0 Å². The molecule has 2 unspecified atom stereocenters. The number of rotatable bonds is 1. The van der Waals surface area contributed by atoms with Crippen molar-refractivity contribution >= 4 is 17.4 Å². The van der Waals surface area contributed by atoms with Crippen molar-refractivity contribution in [2.75, 3.05) is 13.6 Å². The molecule has 3 aliphatic rings. The smallest absolute Gasteiger partial charge is 0.252 e. The summed E-state index contributed by atoms with van der Waals surface area (Å²) in [5, 5.41) is 9.20. The molecule has 2 heterocycles. The van der Waals surface area contributed by atoms with Crippen LogP contribution in [0, 0.1) is 17.2 Å². The largest absolute Gasteiger partial charge is 0.336 e. The topological polar surface area (TPSA) is 73.5 Å². The summed E-state index contributed by atoms with van der Waals surface area (Å²) in [6.45, 7) is 0.493. The summed E-state index contributed by atoms with van der Waals surface area (Å²) in [5.41, 5.74) is 3.73. The maximum Gasteiger partial charge on any atom is 0.252 e. The Morgan fingerprint density at radius 2 is 2.08 bits per heavy atom. The second kappa shape index (κ2) is 5.41. The minimum atomic E-state index is -0.359. The SMILES string of the molecule is CN1CC2=C(C1=O)C(c1cccc(C#N)c1)C1C(=O)CCCC1=N2. The van der Waals surface area contributed by atoms with Gasteiger partial charge in [0.1, 0.15) is 5.78 Å². The van der Waals surface area contributed by atoms with E-state index in [9.17, 15) is 14.9 Å². The number of fused-ring (bicyclic) bond motifs is 1. The number of nitrogens with zero attached hydrogens (tertiary/aromatic N) is 3. The Morgan fingerprint density at radius 1 is 1.25 bits per heavy atom. The van der Waals surface area contributed by atoms with Crippen molar-refractivity contribution in [3.05, 3.63) is 46.7 Å². The van der Waals surface area contributed by atoms with E-state index in [-0.39, 0.29) is 23.5 Å². The van der Waals surface area contributed by atoms with E-state index in [2.05, 4.69) is 11.1 Å². The Bertz CT molecular complexity index is 860. The highest BCUT2D eigenvalue weighted by molar-refractivity contribution is 6.12. The number of ketones is 1. The third-order valence-corrected chi connectivity index (χ3v) is 5.13. The van der Waals surface area contributed by atoms with Crippen LogP contribution in [0.1, 0.15) is 36.3 Å². The summed E-state index contributed by atoms with van der Waals surface area (Å²) < 4.78 is 0. The number of carbonyl (C=O) groups excluding carboxylic acids is 2. The number of benzene rings is 1. The molecule has 1 fully saturated rings. The highest BCUT2D eigenvalue weighted by atomic mass is 16.2. The van der Waals surface area contributed by atoms with E-state index in [0.717, 1.165) is 29.8 Å². The Morgan fingerprint density at radius 3 is 2.88 bits per heavy atom. The summed E-state index contributed by atoms with van der Waals surface area (Å²) in [4.78, 5) is 31.7. The molecule has 1 aliphatic carbocycles. The standard InChI is InChI=1S/C19H17N3O2/c1-22-10-14-18(19(22)24)16(12-5-2-4-11(8-12)9-20)17-13(21-14)6-3-7-15(17)23/h2,4-5,8,16-17H,3,6-7,10H2,1H3. The number of carbonyl (C=O) groups is 2. The van der Waals surface area contributed by atoms with Gasteiger partial charge >= 0.3 is 0 Å². The Hall–Kier alpha value is -2.74. The maximum atomic E-state index is 12.7. The Labute approximate surface area is 140 Å². The summed E-state index contributed by atoms with van der Waals surface area (Å²) >= 11 is 0. The molecular formula is C19H17N3O2. The van der Waals surface area contributed by atoms with Gasteiger partial charge in [0, 0.05) is 30.7 Å². The van der Waals surface area contributed by atoms with Crippen LogP contribution in [0.2, 0.25) is 0 Å². The third kappa shape index (κ3) is 2.10. The van der Waals surface area contributed by atoms with Crippen LogP contribution in [-0.2, 0) is 9.59 Å². The Kier molecular flexibility index (Phi) is 3.34. The molecule has 0 radical (unpaired) electrons. The van der Waals surface area contributed by atoms with Gasteiger partial charge in [0.15, 0.2) is 0 Å². The van der Waals surface area contributed by atoms with Crippen molar-refractivity contribution in [1.29, 1.82) is 5.26 Å². The fourth-order valence-electron chi connectivity index (χ4n) is 4.06. The van der Waals surface area contributed by atoms with Crippen LogP contribution < -0.4 is 0 Å². The molecule has 5 heteroatoms. The first kappa shape index (κ1) is 14.8. The van der Waals surface area contributed by atoms with Crippen LogP contribution in [0.5, 0.6) is 0 Å². The molecule has 24 heavy (non-hydrogen) atoms. The average Bonchev–Trinajstić information content (AvgIpc) is 2.87. The summed E-state index contributed by atoms with van der Waals surface area (Å²) in [6.07, 6.45) is 2.16. The number of hydrogen-bond donors (Lipinski definition) is 0. The van der Waals surface area contributed by atoms with Crippen LogP contribution in [0.15, 0.2) is 40.5 Å². The van der Waals surface area contributed by atoms with Crippen molar-refractivity contribution in [2.24, 2.45) is 10.9 Å². The number of likely N-dealkylation sites (N-methyl/N-ethyl adjacent to an activating group) is 1. The first-order valence-corrected chi connectivity index (χ1v) is 8.19. The van der Waals surface area contributed by atoms with Gasteiger partial charge in [0.2, 0.25) is 0 Å².